The van der Waals surface area contributed by atoms with Gasteiger partial charge in [-0.2, -0.15) is 0 Å². The zero-order valence-corrected chi connectivity index (χ0v) is 26.1. The lowest BCUT2D eigenvalue weighted by Crippen LogP contribution is -2.47. The Morgan fingerprint density at radius 1 is 1.25 bits per heavy atom. The number of nitrogens with one attached hydrogen (secondary N) is 2. The van der Waals surface area contributed by atoms with Gasteiger partial charge >= 0.3 is 6.03 Å². The number of carbonyl (C=O) groups excluding carboxylic acids is 2. The van der Waals surface area contributed by atoms with Gasteiger partial charge in [0, 0.05) is 37.6 Å². The first-order valence-electron chi connectivity index (χ1n) is 14.4. The Labute approximate surface area is 265 Å². The average Bonchev–Trinajstić information content (AvgIpc) is 3.38. The van der Waals surface area contributed by atoms with E-state index in [0.717, 1.165) is 31.6 Å². The summed E-state index contributed by atoms with van der Waals surface area (Å²) in [7, 11) is 4.04. The molecule has 0 spiro atoms. The van der Waals surface area contributed by atoms with Gasteiger partial charge in [-0.15, -0.1) is 11.3 Å². The first-order valence-corrected chi connectivity index (χ1v) is 15.6. The molecule has 2 aliphatic heterocycles. The van der Waals surface area contributed by atoms with E-state index in [-0.39, 0.29) is 11.9 Å². The number of halogens is 1. The number of piperidine rings is 1. The minimum absolute atomic E-state index is 0.0466. The second-order valence-corrected chi connectivity index (χ2v) is 12.4. The second kappa shape index (κ2) is 12.7. The SMILES string of the molecule is C=C(/C=C/CN(C)C)N1CCC[C@@H](NC(=O)c2sc3nccc4c3c2NC(=O)N4c2ccc(Oc3ccccc3)c(Cl)c2)C1. The van der Waals surface area contributed by atoms with Crippen LogP contribution in [0.2, 0.25) is 5.02 Å². The molecule has 1 saturated heterocycles. The predicted octanol–water partition coefficient (Wildman–Crippen LogP) is 7.25. The van der Waals surface area contributed by atoms with Gasteiger partial charge in [0.05, 0.1) is 27.5 Å². The van der Waals surface area contributed by atoms with Crippen LogP contribution in [0.5, 0.6) is 11.5 Å². The molecule has 0 bridgehead atoms. The molecule has 0 unspecified atom stereocenters. The summed E-state index contributed by atoms with van der Waals surface area (Å²) >= 11 is 7.86. The third-order valence-corrected chi connectivity index (χ3v) is 8.93. The monoisotopic (exact) mass is 628 g/mol. The summed E-state index contributed by atoms with van der Waals surface area (Å²) in [5.74, 6) is 0.905. The summed E-state index contributed by atoms with van der Waals surface area (Å²) in [4.78, 5) is 38.6. The van der Waals surface area contributed by atoms with E-state index in [1.165, 1.54) is 16.2 Å². The van der Waals surface area contributed by atoms with Crippen LogP contribution in [0, 0.1) is 0 Å². The molecule has 6 rings (SSSR count). The topological polar surface area (TPSA) is 90.0 Å². The van der Waals surface area contributed by atoms with Crippen LogP contribution < -0.4 is 20.3 Å². The summed E-state index contributed by atoms with van der Waals surface area (Å²) in [6.07, 6.45) is 7.58. The molecule has 4 aromatic rings. The molecule has 11 heteroatoms. The van der Waals surface area contributed by atoms with E-state index in [2.05, 4.69) is 38.1 Å². The van der Waals surface area contributed by atoms with Crippen molar-refractivity contribution in [2.75, 3.05) is 43.9 Å². The minimum atomic E-state index is -0.394. The lowest BCUT2D eigenvalue weighted by atomic mass is 10.0. The number of aromatic nitrogens is 1. The van der Waals surface area contributed by atoms with Crippen molar-refractivity contribution in [3.63, 3.8) is 0 Å². The molecular formula is C33H33ClN6O3S. The summed E-state index contributed by atoms with van der Waals surface area (Å²) in [6.45, 7) is 6.63. The Kier molecular flexibility index (Phi) is 8.56. The lowest BCUT2D eigenvalue weighted by Gasteiger charge is -2.35. The molecule has 226 valence electrons. The van der Waals surface area contributed by atoms with E-state index in [9.17, 15) is 9.59 Å². The number of carbonyl (C=O) groups is 2. The Bertz CT molecular complexity index is 1760. The number of rotatable bonds is 9. The number of anilines is 3. The Morgan fingerprint density at radius 3 is 2.84 bits per heavy atom. The molecular weight excluding hydrogens is 596 g/mol. The fraction of sp³-hybridized carbons (Fsp3) is 0.242. The number of ether oxygens (including phenoxy) is 1. The van der Waals surface area contributed by atoms with Crippen LogP contribution in [-0.4, -0.2) is 66.5 Å². The number of pyridine rings is 1. The van der Waals surface area contributed by atoms with Gasteiger partial charge in [-0.3, -0.25) is 9.69 Å². The van der Waals surface area contributed by atoms with E-state index in [4.69, 9.17) is 16.3 Å². The van der Waals surface area contributed by atoms with Crippen LogP contribution in [0.4, 0.5) is 21.9 Å². The zero-order chi connectivity index (χ0) is 30.8. The first-order chi connectivity index (χ1) is 21.3. The molecule has 0 radical (unpaired) electrons. The van der Waals surface area contributed by atoms with Crippen molar-refractivity contribution in [2.45, 2.75) is 18.9 Å². The Balaban J connectivity index is 1.22. The molecule has 1 atom stereocenters. The normalized spacial score (nSPS) is 16.5. The molecule has 3 amide bonds. The summed E-state index contributed by atoms with van der Waals surface area (Å²) < 4.78 is 5.91. The number of thiophene rings is 1. The van der Waals surface area contributed by atoms with Gasteiger partial charge in [-0.1, -0.05) is 42.5 Å². The Hall–Kier alpha value is -4.38. The largest absolute Gasteiger partial charge is 0.456 e. The molecule has 0 saturated carbocycles. The van der Waals surface area contributed by atoms with Crippen molar-refractivity contribution in [3.8, 4) is 11.5 Å². The maximum absolute atomic E-state index is 13.6. The van der Waals surface area contributed by atoms with Gasteiger partial charge in [0.25, 0.3) is 5.91 Å². The van der Waals surface area contributed by atoms with Gasteiger partial charge in [-0.05, 0) is 69.4 Å². The van der Waals surface area contributed by atoms with Crippen LogP contribution in [0.3, 0.4) is 0 Å². The van der Waals surface area contributed by atoms with Crippen LogP contribution in [0.25, 0.3) is 10.2 Å². The fourth-order valence-corrected chi connectivity index (χ4v) is 6.68. The van der Waals surface area contributed by atoms with E-state index < -0.39 is 6.03 Å². The third-order valence-electron chi connectivity index (χ3n) is 7.54. The van der Waals surface area contributed by atoms with Gasteiger partial charge in [0.1, 0.15) is 21.2 Å². The van der Waals surface area contributed by atoms with Gasteiger partial charge < -0.3 is 25.2 Å². The quantitative estimate of drug-likeness (QED) is 0.190. The van der Waals surface area contributed by atoms with Crippen LogP contribution in [0.15, 0.2) is 85.2 Å². The number of amides is 3. The fourth-order valence-electron chi connectivity index (χ4n) is 5.44. The molecule has 4 heterocycles. The second-order valence-electron chi connectivity index (χ2n) is 11.0. The summed E-state index contributed by atoms with van der Waals surface area (Å²) in [5.41, 5.74) is 2.60. The highest BCUT2D eigenvalue weighted by Crippen LogP contribution is 2.46. The van der Waals surface area contributed by atoms with Crippen molar-refractivity contribution in [1.82, 2.24) is 20.1 Å². The predicted molar refractivity (Wildman–Crippen MR) is 178 cm³/mol. The third kappa shape index (κ3) is 6.14. The minimum Gasteiger partial charge on any atom is -0.456 e. The highest BCUT2D eigenvalue weighted by atomic mass is 35.5. The molecule has 1 fully saturated rings. The number of hydrogen-bond acceptors (Lipinski definition) is 7. The van der Waals surface area contributed by atoms with Gasteiger partial charge in [0.2, 0.25) is 0 Å². The molecule has 2 aromatic heterocycles. The molecule has 0 aliphatic carbocycles. The number of para-hydroxylation sites is 1. The molecule has 9 nitrogen and oxygen atoms in total. The van der Waals surface area contributed by atoms with Crippen LogP contribution in [0.1, 0.15) is 22.5 Å². The maximum atomic E-state index is 13.6. The smallest absolute Gasteiger partial charge is 0.331 e. The summed E-state index contributed by atoms with van der Waals surface area (Å²) in [6, 6.07) is 15.9. The molecule has 2 aliphatic rings. The number of nitrogens with zero attached hydrogens (tertiary/aromatic N) is 4. The molecule has 2 aromatic carbocycles. The number of hydrogen-bond donors (Lipinski definition) is 2. The summed E-state index contributed by atoms with van der Waals surface area (Å²) in [5, 5.41) is 7.23. The molecule has 2 N–H and O–H groups in total. The lowest BCUT2D eigenvalue weighted by molar-refractivity contribution is 0.0920. The van der Waals surface area contributed by atoms with Gasteiger partial charge in [-0.25, -0.2) is 9.78 Å². The zero-order valence-electron chi connectivity index (χ0n) is 24.5. The van der Waals surface area contributed by atoms with Crippen molar-refractivity contribution in [3.05, 3.63) is 95.1 Å². The van der Waals surface area contributed by atoms with Crippen molar-refractivity contribution < 1.29 is 14.3 Å². The number of likely N-dealkylation sites (N-methyl/N-ethyl adjacent to an activating group) is 1. The number of urea groups is 1. The van der Waals surface area contributed by atoms with E-state index in [1.807, 2.05) is 50.5 Å². The number of allylic oxidation sites excluding steroid dienone is 1. The Morgan fingerprint density at radius 2 is 2.07 bits per heavy atom. The van der Waals surface area contributed by atoms with Gasteiger partial charge in [0.15, 0.2) is 0 Å². The van der Waals surface area contributed by atoms with Crippen molar-refractivity contribution in [2.24, 2.45) is 0 Å². The van der Waals surface area contributed by atoms with Crippen LogP contribution >= 0.6 is 22.9 Å². The van der Waals surface area contributed by atoms with Crippen molar-refractivity contribution >= 4 is 62.2 Å². The molecule has 44 heavy (non-hydrogen) atoms. The first kappa shape index (κ1) is 29.7. The van der Waals surface area contributed by atoms with E-state index in [1.54, 1.807) is 30.5 Å². The van der Waals surface area contributed by atoms with Crippen LogP contribution in [-0.2, 0) is 0 Å². The standard InChI is InChI=1S/C33H33ClN6O3S/c1-21(9-7-17-38(2)3)39-18-8-10-22(20-39)36-31(41)30-29-28-26(15-16-35-32(28)44-30)40(33(42)37-29)23-13-14-27(25(34)19-23)43-24-11-5-4-6-12-24/h4-7,9,11-16,19,22H,1,8,10,17-18,20H2,2-3H3,(H,36,41)(H,37,42)/b9-7+/t22-/m1/s1. The van der Waals surface area contributed by atoms with E-state index in [0.29, 0.717) is 55.2 Å². The average molecular weight is 629 g/mol. The number of likely N-dealkylation sites (tertiary alicyclic amines) is 1. The van der Waals surface area contributed by atoms with Crippen molar-refractivity contribution in [1.29, 1.82) is 0 Å². The maximum Gasteiger partial charge on any atom is 0.331 e. The van der Waals surface area contributed by atoms with E-state index >= 15 is 0 Å². The highest BCUT2D eigenvalue weighted by Gasteiger charge is 2.34. The highest BCUT2D eigenvalue weighted by molar-refractivity contribution is 7.21. The number of benzene rings is 2.